The number of anilines is 1. The molecule has 1 amide bonds. The molecule has 0 bridgehead atoms. The van der Waals surface area contributed by atoms with Crippen LogP contribution in [0.4, 0.5) is 5.95 Å². The predicted octanol–water partition coefficient (Wildman–Crippen LogP) is 3.48. The summed E-state index contributed by atoms with van der Waals surface area (Å²) >= 11 is 6.04. The summed E-state index contributed by atoms with van der Waals surface area (Å²) in [6.45, 7) is 0.669. The number of piperidine rings is 1. The SMILES string of the molecule is Cn1cc(C(=O)N2CCCC[C@H]2c2nc(N)ncc2-c2ccc(Cl)cc2)cn1. The molecule has 144 valence electrons. The molecule has 1 aromatic carbocycles. The molecule has 0 spiro atoms. The Bertz CT molecular complexity index is 1000. The molecule has 8 heteroatoms. The van der Waals surface area contributed by atoms with Gasteiger partial charge < -0.3 is 10.6 Å². The maximum Gasteiger partial charge on any atom is 0.257 e. The standard InChI is InChI=1S/C20H21ClN6O/c1-26-12-14(10-24-26)19(28)27-9-3-2-4-17(27)18-16(11-23-20(22)25-18)13-5-7-15(21)8-6-13/h5-8,10-12,17H,2-4,9H2,1H3,(H2,22,23,25)/t17-/m0/s1. The van der Waals surface area contributed by atoms with E-state index in [2.05, 4.69) is 15.1 Å². The molecule has 3 aromatic rings. The van der Waals surface area contributed by atoms with Gasteiger partial charge >= 0.3 is 0 Å². The molecule has 1 saturated heterocycles. The second kappa shape index (κ2) is 7.59. The first-order valence-corrected chi connectivity index (χ1v) is 9.58. The minimum absolute atomic E-state index is 0.0444. The number of amides is 1. The molecule has 0 unspecified atom stereocenters. The summed E-state index contributed by atoms with van der Waals surface area (Å²) < 4.78 is 1.63. The Hall–Kier alpha value is -2.93. The first-order valence-electron chi connectivity index (χ1n) is 9.21. The quantitative estimate of drug-likeness (QED) is 0.731. The Morgan fingerprint density at radius 3 is 2.71 bits per heavy atom. The van der Waals surface area contributed by atoms with E-state index in [-0.39, 0.29) is 17.9 Å². The second-order valence-corrected chi connectivity index (χ2v) is 7.38. The number of benzene rings is 1. The Morgan fingerprint density at radius 1 is 1.21 bits per heavy atom. The number of carbonyl (C=O) groups excluding carboxylic acids is 1. The lowest BCUT2D eigenvalue weighted by Crippen LogP contribution is -2.39. The number of rotatable bonds is 3. The van der Waals surface area contributed by atoms with E-state index in [9.17, 15) is 4.79 Å². The van der Waals surface area contributed by atoms with Gasteiger partial charge in [0.1, 0.15) is 0 Å². The van der Waals surface area contributed by atoms with E-state index in [0.717, 1.165) is 36.1 Å². The largest absolute Gasteiger partial charge is 0.368 e. The van der Waals surface area contributed by atoms with E-state index in [4.69, 9.17) is 17.3 Å². The fourth-order valence-corrected chi connectivity index (χ4v) is 3.80. The zero-order valence-electron chi connectivity index (χ0n) is 15.5. The Kier molecular flexibility index (Phi) is 5.00. The minimum Gasteiger partial charge on any atom is -0.368 e. The van der Waals surface area contributed by atoms with Crippen LogP contribution in [0, 0.1) is 0 Å². The molecular formula is C20H21ClN6O. The second-order valence-electron chi connectivity index (χ2n) is 6.95. The highest BCUT2D eigenvalue weighted by Gasteiger charge is 2.32. The van der Waals surface area contributed by atoms with Gasteiger partial charge in [0.2, 0.25) is 5.95 Å². The van der Waals surface area contributed by atoms with Crippen molar-refractivity contribution in [3.05, 3.63) is 59.1 Å². The highest BCUT2D eigenvalue weighted by molar-refractivity contribution is 6.30. The maximum absolute atomic E-state index is 13.2. The average molecular weight is 397 g/mol. The van der Waals surface area contributed by atoms with Gasteiger partial charge in [-0.15, -0.1) is 0 Å². The van der Waals surface area contributed by atoms with Crippen LogP contribution in [0.3, 0.4) is 0 Å². The highest BCUT2D eigenvalue weighted by atomic mass is 35.5. The maximum atomic E-state index is 13.2. The van der Waals surface area contributed by atoms with Gasteiger partial charge in [0.25, 0.3) is 5.91 Å². The smallest absolute Gasteiger partial charge is 0.257 e. The average Bonchev–Trinajstić information content (AvgIpc) is 3.14. The summed E-state index contributed by atoms with van der Waals surface area (Å²) in [5.41, 5.74) is 9.06. The van der Waals surface area contributed by atoms with Crippen molar-refractivity contribution in [3.63, 3.8) is 0 Å². The van der Waals surface area contributed by atoms with Crippen molar-refractivity contribution in [2.45, 2.75) is 25.3 Å². The third-order valence-electron chi connectivity index (χ3n) is 5.02. The van der Waals surface area contributed by atoms with Crippen LogP contribution in [0.25, 0.3) is 11.1 Å². The molecule has 0 radical (unpaired) electrons. The lowest BCUT2D eigenvalue weighted by atomic mass is 9.93. The highest BCUT2D eigenvalue weighted by Crippen LogP contribution is 2.36. The summed E-state index contributed by atoms with van der Waals surface area (Å²) in [6.07, 6.45) is 7.86. The van der Waals surface area contributed by atoms with E-state index < -0.39 is 0 Å². The van der Waals surface area contributed by atoms with E-state index in [1.54, 1.807) is 30.3 Å². The van der Waals surface area contributed by atoms with E-state index in [1.807, 2.05) is 29.2 Å². The molecule has 1 fully saturated rings. The van der Waals surface area contributed by atoms with Crippen LogP contribution in [0.2, 0.25) is 5.02 Å². The van der Waals surface area contributed by atoms with Gasteiger partial charge in [0.05, 0.1) is 23.5 Å². The van der Waals surface area contributed by atoms with Crippen molar-refractivity contribution >= 4 is 23.5 Å². The van der Waals surface area contributed by atoms with Crippen LogP contribution >= 0.6 is 11.6 Å². The molecule has 2 aromatic heterocycles. The number of hydrogen-bond acceptors (Lipinski definition) is 5. The van der Waals surface area contributed by atoms with Crippen molar-refractivity contribution < 1.29 is 4.79 Å². The summed E-state index contributed by atoms with van der Waals surface area (Å²) in [7, 11) is 1.80. The molecule has 3 heterocycles. The van der Waals surface area contributed by atoms with Gasteiger partial charge in [0.15, 0.2) is 0 Å². The fourth-order valence-electron chi connectivity index (χ4n) is 3.67. The van der Waals surface area contributed by atoms with Crippen LogP contribution in [0.5, 0.6) is 0 Å². The van der Waals surface area contributed by atoms with E-state index in [1.165, 1.54) is 0 Å². The van der Waals surface area contributed by atoms with Crippen molar-refractivity contribution in [1.82, 2.24) is 24.6 Å². The number of carbonyl (C=O) groups is 1. The molecule has 2 N–H and O–H groups in total. The van der Waals surface area contributed by atoms with Crippen LogP contribution in [0.1, 0.15) is 41.4 Å². The molecular weight excluding hydrogens is 376 g/mol. The van der Waals surface area contributed by atoms with Crippen LogP contribution in [0.15, 0.2) is 42.9 Å². The molecule has 28 heavy (non-hydrogen) atoms. The Morgan fingerprint density at radius 2 is 2.00 bits per heavy atom. The fraction of sp³-hybridized carbons (Fsp3) is 0.300. The van der Waals surface area contributed by atoms with Gasteiger partial charge in [-0.2, -0.15) is 5.10 Å². The van der Waals surface area contributed by atoms with Gasteiger partial charge in [-0.3, -0.25) is 9.48 Å². The predicted molar refractivity (Wildman–Crippen MR) is 108 cm³/mol. The van der Waals surface area contributed by atoms with E-state index in [0.29, 0.717) is 17.1 Å². The number of nitrogen functional groups attached to an aromatic ring is 1. The summed E-state index contributed by atoms with van der Waals surface area (Å²) in [4.78, 5) is 23.8. The van der Waals surface area contributed by atoms with Crippen molar-refractivity contribution in [2.24, 2.45) is 7.05 Å². The normalized spacial score (nSPS) is 16.9. The molecule has 1 atom stereocenters. The van der Waals surface area contributed by atoms with Gasteiger partial charge in [0, 0.05) is 36.6 Å². The number of aromatic nitrogens is 4. The van der Waals surface area contributed by atoms with Gasteiger partial charge in [-0.05, 0) is 37.0 Å². The van der Waals surface area contributed by atoms with Crippen molar-refractivity contribution in [1.29, 1.82) is 0 Å². The number of likely N-dealkylation sites (tertiary alicyclic amines) is 1. The Balaban J connectivity index is 1.76. The monoisotopic (exact) mass is 396 g/mol. The summed E-state index contributed by atoms with van der Waals surface area (Å²) in [5.74, 6) is 0.157. The number of hydrogen-bond donors (Lipinski definition) is 1. The lowest BCUT2D eigenvalue weighted by Gasteiger charge is -2.36. The third-order valence-corrected chi connectivity index (χ3v) is 5.28. The lowest BCUT2D eigenvalue weighted by molar-refractivity contribution is 0.0606. The number of aryl methyl sites for hydroxylation is 1. The third kappa shape index (κ3) is 3.57. The summed E-state index contributed by atoms with van der Waals surface area (Å²) in [5, 5.41) is 4.79. The van der Waals surface area contributed by atoms with Gasteiger partial charge in [-0.1, -0.05) is 23.7 Å². The number of halogens is 1. The molecule has 7 nitrogen and oxygen atoms in total. The first kappa shape index (κ1) is 18.4. The molecule has 0 saturated carbocycles. The molecule has 1 aliphatic rings. The zero-order valence-corrected chi connectivity index (χ0v) is 16.3. The van der Waals surface area contributed by atoms with Crippen molar-refractivity contribution in [3.8, 4) is 11.1 Å². The van der Waals surface area contributed by atoms with E-state index >= 15 is 0 Å². The van der Waals surface area contributed by atoms with Crippen LogP contribution < -0.4 is 5.73 Å². The van der Waals surface area contributed by atoms with Crippen LogP contribution in [-0.2, 0) is 7.05 Å². The van der Waals surface area contributed by atoms with Gasteiger partial charge in [-0.25, -0.2) is 9.97 Å². The molecule has 1 aliphatic heterocycles. The topological polar surface area (TPSA) is 89.9 Å². The zero-order chi connectivity index (χ0) is 19.7. The number of nitrogens with zero attached hydrogens (tertiary/aromatic N) is 5. The summed E-state index contributed by atoms with van der Waals surface area (Å²) in [6, 6.07) is 7.35. The number of nitrogens with two attached hydrogens (primary N) is 1. The van der Waals surface area contributed by atoms with Crippen molar-refractivity contribution in [2.75, 3.05) is 12.3 Å². The van der Waals surface area contributed by atoms with Crippen LogP contribution in [-0.4, -0.2) is 37.1 Å². The minimum atomic E-state index is -0.169. The molecule has 0 aliphatic carbocycles. The molecule has 4 rings (SSSR count). The Labute approximate surface area is 168 Å². The first-order chi connectivity index (χ1) is 13.5.